The van der Waals surface area contributed by atoms with Gasteiger partial charge in [0.1, 0.15) is 0 Å². The predicted molar refractivity (Wildman–Crippen MR) is 99.6 cm³/mol. The summed E-state index contributed by atoms with van der Waals surface area (Å²) in [6.45, 7) is 6.92. The number of hydrogen-bond acceptors (Lipinski definition) is 4. The molecule has 0 N–H and O–H groups in total. The number of nitrogens with zero attached hydrogens (tertiary/aromatic N) is 4. The molecule has 0 bridgehead atoms. The Balaban J connectivity index is 1.41. The maximum atomic E-state index is 12.5. The van der Waals surface area contributed by atoms with E-state index >= 15 is 0 Å². The lowest BCUT2D eigenvalue weighted by molar-refractivity contribution is -0.135. The van der Waals surface area contributed by atoms with E-state index in [1.165, 1.54) is 0 Å². The lowest BCUT2D eigenvalue weighted by Gasteiger charge is -2.32. The molecule has 140 valence electrons. The number of rotatable bonds is 7. The van der Waals surface area contributed by atoms with Gasteiger partial charge in [0.15, 0.2) is 0 Å². The van der Waals surface area contributed by atoms with Crippen molar-refractivity contribution in [3.8, 4) is 0 Å². The summed E-state index contributed by atoms with van der Waals surface area (Å²) in [5.74, 6) is 0.223. The molecule has 1 aliphatic rings. The molecule has 0 radical (unpaired) electrons. The van der Waals surface area contributed by atoms with Gasteiger partial charge in [0.05, 0.1) is 18.4 Å². The van der Waals surface area contributed by atoms with Gasteiger partial charge in [-0.25, -0.2) is 0 Å². The minimum atomic E-state index is 0.115. The Morgan fingerprint density at radius 2 is 2.27 bits per heavy atom. The van der Waals surface area contributed by atoms with Gasteiger partial charge in [-0.05, 0) is 50.8 Å². The molecule has 6 heteroatoms. The minimum Gasteiger partial charge on any atom is -0.372 e. The van der Waals surface area contributed by atoms with Crippen LogP contribution in [0.15, 0.2) is 30.6 Å². The van der Waals surface area contributed by atoms with Gasteiger partial charge in [-0.1, -0.05) is 6.07 Å². The summed E-state index contributed by atoms with van der Waals surface area (Å²) in [6, 6.07) is 5.99. The predicted octanol–water partition coefficient (Wildman–Crippen LogP) is 2.88. The van der Waals surface area contributed by atoms with E-state index < -0.39 is 0 Å². The first-order valence-electron chi connectivity index (χ1n) is 9.41. The Labute approximate surface area is 155 Å². The summed E-state index contributed by atoms with van der Waals surface area (Å²) in [7, 11) is 0. The van der Waals surface area contributed by atoms with Crippen LogP contribution in [0.3, 0.4) is 0 Å². The first-order valence-corrected chi connectivity index (χ1v) is 9.41. The third-order valence-corrected chi connectivity index (χ3v) is 4.80. The lowest BCUT2D eigenvalue weighted by Crippen LogP contribution is -2.43. The molecule has 0 saturated carbocycles. The molecule has 1 atom stereocenters. The molecular weight excluding hydrogens is 328 g/mol. The maximum absolute atomic E-state index is 12.5. The van der Waals surface area contributed by atoms with Gasteiger partial charge in [-0.15, -0.1) is 0 Å². The molecule has 1 aliphatic heterocycles. The fraction of sp³-hybridized carbons (Fsp3) is 0.550. The summed E-state index contributed by atoms with van der Waals surface area (Å²) in [5.41, 5.74) is 3.25. The molecule has 6 nitrogen and oxygen atoms in total. The molecule has 0 aliphatic carbocycles. The molecule has 0 aromatic carbocycles. The van der Waals surface area contributed by atoms with E-state index in [2.05, 4.69) is 23.1 Å². The number of ether oxygens (including phenoxy) is 1. The number of aromatic nitrogens is 3. The quantitative estimate of drug-likeness (QED) is 0.765. The van der Waals surface area contributed by atoms with Gasteiger partial charge in [-0.3, -0.25) is 14.5 Å². The average molecular weight is 356 g/mol. The maximum Gasteiger partial charge on any atom is 0.222 e. The second-order valence-electron chi connectivity index (χ2n) is 7.03. The molecule has 1 fully saturated rings. The smallest absolute Gasteiger partial charge is 0.222 e. The van der Waals surface area contributed by atoms with Crippen LogP contribution in [0, 0.1) is 13.8 Å². The summed E-state index contributed by atoms with van der Waals surface area (Å²) >= 11 is 0. The van der Waals surface area contributed by atoms with Crippen molar-refractivity contribution in [3.63, 3.8) is 0 Å². The van der Waals surface area contributed by atoms with E-state index in [1.807, 2.05) is 34.8 Å². The second-order valence-corrected chi connectivity index (χ2v) is 7.03. The molecule has 26 heavy (non-hydrogen) atoms. The number of likely N-dealkylation sites (tertiary alicyclic amines) is 1. The van der Waals surface area contributed by atoms with Crippen LogP contribution < -0.4 is 0 Å². The summed E-state index contributed by atoms with van der Waals surface area (Å²) in [5, 5.41) is 4.45. The summed E-state index contributed by atoms with van der Waals surface area (Å²) in [6.07, 6.45) is 7.09. The van der Waals surface area contributed by atoms with Gasteiger partial charge in [0, 0.05) is 44.1 Å². The first kappa shape index (κ1) is 18.6. The van der Waals surface area contributed by atoms with Crippen LogP contribution in [-0.2, 0) is 22.7 Å². The van der Waals surface area contributed by atoms with Crippen molar-refractivity contribution in [1.29, 1.82) is 0 Å². The monoisotopic (exact) mass is 356 g/mol. The van der Waals surface area contributed by atoms with Crippen LogP contribution >= 0.6 is 0 Å². The lowest BCUT2D eigenvalue weighted by atomic mass is 10.1. The summed E-state index contributed by atoms with van der Waals surface area (Å²) < 4.78 is 7.98. The molecule has 3 heterocycles. The standard InChI is InChI=1S/C20H28N4O2/c1-16-12-17(2)24(22-16)11-5-8-20(25)23-10-4-7-19(14-23)26-15-18-6-3-9-21-13-18/h3,6,9,12-13,19H,4-5,7-8,10-11,14-15H2,1-2H3. The van der Waals surface area contributed by atoms with Gasteiger partial charge >= 0.3 is 0 Å². The third kappa shape index (κ3) is 5.14. The van der Waals surface area contributed by atoms with E-state index in [0.717, 1.165) is 49.3 Å². The Kier molecular flexibility index (Phi) is 6.39. The second kappa shape index (κ2) is 8.94. The van der Waals surface area contributed by atoms with E-state index in [0.29, 0.717) is 19.6 Å². The Morgan fingerprint density at radius 3 is 3.00 bits per heavy atom. The van der Waals surface area contributed by atoms with Crippen LogP contribution in [0.1, 0.15) is 42.6 Å². The van der Waals surface area contributed by atoms with E-state index in [-0.39, 0.29) is 12.0 Å². The zero-order valence-electron chi connectivity index (χ0n) is 15.7. The van der Waals surface area contributed by atoms with Gasteiger partial charge in [0.2, 0.25) is 5.91 Å². The highest BCUT2D eigenvalue weighted by molar-refractivity contribution is 5.76. The number of aryl methyl sites for hydroxylation is 3. The van der Waals surface area contributed by atoms with Crippen molar-refractivity contribution in [2.75, 3.05) is 13.1 Å². The van der Waals surface area contributed by atoms with Gasteiger partial charge < -0.3 is 9.64 Å². The minimum absolute atomic E-state index is 0.115. The van der Waals surface area contributed by atoms with Crippen molar-refractivity contribution < 1.29 is 9.53 Å². The Bertz CT molecular complexity index is 714. The zero-order valence-corrected chi connectivity index (χ0v) is 15.7. The highest BCUT2D eigenvalue weighted by atomic mass is 16.5. The van der Waals surface area contributed by atoms with Crippen molar-refractivity contribution in [2.45, 2.75) is 58.8 Å². The molecule has 3 rings (SSSR count). The highest BCUT2D eigenvalue weighted by Gasteiger charge is 2.23. The van der Waals surface area contributed by atoms with Gasteiger partial charge in [-0.2, -0.15) is 5.10 Å². The van der Waals surface area contributed by atoms with E-state index in [1.54, 1.807) is 6.20 Å². The molecular formula is C20H28N4O2. The van der Waals surface area contributed by atoms with Crippen LogP contribution in [0.25, 0.3) is 0 Å². The topological polar surface area (TPSA) is 60.2 Å². The number of hydrogen-bond donors (Lipinski definition) is 0. The molecule has 2 aromatic rings. The normalized spacial score (nSPS) is 17.5. The molecule has 1 amide bonds. The van der Waals surface area contributed by atoms with E-state index in [9.17, 15) is 4.79 Å². The van der Waals surface area contributed by atoms with E-state index in [4.69, 9.17) is 4.74 Å². The van der Waals surface area contributed by atoms with Crippen LogP contribution in [-0.4, -0.2) is 44.8 Å². The zero-order chi connectivity index (χ0) is 18.4. The number of carbonyl (C=O) groups excluding carboxylic acids is 1. The van der Waals surface area contributed by atoms with Crippen molar-refractivity contribution in [2.24, 2.45) is 0 Å². The number of amides is 1. The van der Waals surface area contributed by atoms with Crippen LogP contribution in [0.4, 0.5) is 0 Å². The van der Waals surface area contributed by atoms with Gasteiger partial charge in [0.25, 0.3) is 0 Å². The highest BCUT2D eigenvalue weighted by Crippen LogP contribution is 2.16. The molecule has 2 aromatic heterocycles. The fourth-order valence-electron chi connectivity index (χ4n) is 3.44. The molecule has 1 saturated heterocycles. The first-order chi connectivity index (χ1) is 12.6. The largest absolute Gasteiger partial charge is 0.372 e. The Morgan fingerprint density at radius 1 is 1.38 bits per heavy atom. The summed E-state index contributed by atoms with van der Waals surface area (Å²) in [4.78, 5) is 18.6. The Hall–Kier alpha value is -2.21. The third-order valence-electron chi connectivity index (χ3n) is 4.80. The van der Waals surface area contributed by atoms with Crippen LogP contribution in [0.5, 0.6) is 0 Å². The average Bonchev–Trinajstić information content (AvgIpc) is 2.98. The number of piperidine rings is 1. The van der Waals surface area contributed by atoms with Crippen LogP contribution in [0.2, 0.25) is 0 Å². The van der Waals surface area contributed by atoms with Crippen molar-refractivity contribution in [1.82, 2.24) is 19.7 Å². The van der Waals surface area contributed by atoms with Crippen molar-refractivity contribution >= 4 is 5.91 Å². The number of carbonyl (C=O) groups is 1. The van der Waals surface area contributed by atoms with Crippen molar-refractivity contribution in [3.05, 3.63) is 47.5 Å². The molecule has 0 spiro atoms. The number of pyridine rings is 1. The fourth-order valence-corrected chi connectivity index (χ4v) is 3.44. The SMILES string of the molecule is Cc1cc(C)n(CCCC(=O)N2CCCC(OCc3cccnc3)C2)n1. The molecule has 1 unspecified atom stereocenters.